The van der Waals surface area contributed by atoms with Crippen molar-refractivity contribution < 1.29 is 4.74 Å². The van der Waals surface area contributed by atoms with E-state index in [1.54, 1.807) is 11.3 Å². The number of hydrogen-bond acceptors (Lipinski definition) is 3. The molecule has 21 heavy (non-hydrogen) atoms. The topological polar surface area (TPSA) is 21.3 Å². The lowest BCUT2D eigenvalue weighted by Gasteiger charge is -2.13. The molecule has 1 aromatic carbocycles. The Morgan fingerprint density at radius 2 is 1.95 bits per heavy atom. The minimum atomic E-state index is 0.486. The van der Waals surface area contributed by atoms with Gasteiger partial charge in [-0.05, 0) is 59.9 Å². The van der Waals surface area contributed by atoms with Crippen molar-refractivity contribution in [1.82, 2.24) is 5.32 Å². The molecule has 1 unspecified atom stereocenters. The fraction of sp³-hybridized carbons (Fsp3) is 0.444. The molecule has 0 spiro atoms. The van der Waals surface area contributed by atoms with Crippen LogP contribution in [0.3, 0.4) is 0 Å². The van der Waals surface area contributed by atoms with Crippen molar-refractivity contribution in [1.29, 1.82) is 0 Å². The van der Waals surface area contributed by atoms with E-state index in [9.17, 15) is 0 Å². The number of nitrogens with one attached hydrogen (secondary N) is 1. The van der Waals surface area contributed by atoms with E-state index in [1.807, 2.05) is 0 Å². The molecule has 0 saturated heterocycles. The van der Waals surface area contributed by atoms with Crippen molar-refractivity contribution in [3.8, 4) is 5.75 Å². The molecular weight excluding hydrogens is 278 g/mol. The van der Waals surface area contributed by atoms with Gasteiger partial charge in [0, 0.05) is 12.6 Å². The second-order valence-electron chi connectivity index (χ2n) is 5.46. The maximum absolute atomic E-state index is 5.68. The summed E-state index contributed by atoms with van der Waals surface area (Å²) in [5.74, 6) is 0.971. The number of rotatable bonds is 9. The molecule has 0 saturated carbocycles. The van der Waals surface area contributed by atoms with Crippen molar-refractivity contribution in [2.75, 3.05) is 6.61 Å². The van der Waals surface area contributed by atoms with E-state index < -0.39 is 0 Å². The first kappa shape index (κ1) is 16.1. The Morgan fingerprint density at radius 3 is 2.62 bits per heavy atom. The summed E-state index contributed by atoms with van der Waals surface area (Å²) in [6.45, 7) is 6.13. The average molecular weight is 303 g/mol. The molecule has 1 aromatic heterocycles. The van der Waals surface area contributed by atoms with Gasteiger partial charge in [-0.15, -0.1) is 0 Å². The lowest BCUT2D eigenvalue weighted by molar-refractivity contribution is 0.309. The van der Waals surface area contributed by atoms with Crippen molar-refractivity contribution in [3.63, 3.8) is 0 Å². The van der Waals surface area contributed by atoms with Crippen LogP contribution in [0.15, 0.2) is 41.1 Å². The van der Waals surface area contributed by atoms with Gasteiger partial charge in [0.1, 0.15) is 5.75 Å². The first-order valence-corrected chi connectivity index (χ1v) is 8.68. The number of unbranched alkanes of at least 4 members (excludes halogenated alkanes) is 1. The summed E-state index contributed by atoms with van der Waals surface area (Å²) in [6.07, 6.45) is 3.37. The molecule has 1 N–H and O–H groups in total. The van der Waals surface area contributed by atoms with E-state index >= 15 is 0 Å². The van der Waals surface area contributed by atoms with Gasteiger partial charge in [-0.2, -0.15) is 11.3 Å². The molecular formula is C18H25NOS. The molecule has 0 aliphatic carbocycles. The molecule has 0 fully saturated rings. The van der Waals surface area contributed by atoms with Gasteiger partial charge in [0.05, 0.1) is 6.61 Å². The summed E-state index contributed by atoms with van der Waals surface area (Å²) in [5.41, 5.74) is 2.72. The second kappa shape index (κ2) is 8.85. The third-order valence-electron chi connectivity index (χ3n) is 3.47. The van der Waals surface area contributed by atoms with Crippen LogP contribution in [0.2, 0.25) is 0 Å². The Balaban J connectivity index is 1.72. The number of benzene rings is 1. The fourth-order valence-corrected chi connectivity index (χ4v) is 2.85. The molecule has 0 bridgehead atoms. The predicted molar refractivity (Wildman–Crippen MR) is 91.2 cm³/mol. The van der Waals surface area contributed by atoms with Crippen molar-refractivity contribution in [3.05, 3.63) is 52.2 Å². The van der Waals surface area contributed by atoms with Crippen molar-refractivity contribution in [2.45, 2.75) is 45.7 Å². The quantitative estimate of drug-likeness (QED) is 0.681. The molecule has 0 radical (unpaired) electrons. The largest absolute Gasteiger partial charge is 0.494 e. The van der Waals surface area contributed by atoms with Gasteiger partial charge in [-0.1, -0.05) is 25.5 Å². The normalized spacial score (nSPS) is 12.3. The highest BCUT2D eigenvalue weighted by atomic mass is 32.1. The van der Waals surface area contributed by atoms with E-state index in [0.29, 0.717) is 6.04 Å². The average Bonchev–Trinajstić information content (AvgIpc) is 2.99. The molecule has 1 heterocycles. The zero-order valence-corrected chi connectivity index (χ0v) is 13.8. The molecule has 2 aromatic rings. The van der Waals surface area contributed by atoms with Gasteiger partial charge in [-0.25, -0.2) is 0 Å². The van der Waals surface area contributed by atoms with Gasteiger partial charge in [0.15, 0.2) is 0 Å². The van der Waals surface area contributed by atoms with E-state index in [0.717, 1.165) is 31.7 Å². The van der Waals surface area contributed by atoms with Crippen molar-refractivity contribution >= 4 is 11.3 Å². The third-order valence-corrected chi connectivity index (χ3v) is 4.20. The summed E-state index contributed by atoms with van der Waals surface area (Å²) in [6, 6.07) is 11.1. The summed E-state index contributed by atoms with van der Waals surface area (Å²) in [5, 5.41) is 7.93. The zero-order valence-electron chi connectivity index (χ0n) is 13.0. The molecule has 0 amide bonds. The van der Waals surface area contributed by atoms with Crippen LogP contribution in [-0.2, 0) is 13.0 Å². The first-order valence-electron chi connectivity index (χ1n) is 7.74. The maximum atomic E-state index is 5.68. The Morgan fingerprint density at radius 1 is 1.14 bits per heavy atom. The minimum absolute atomic E-state index is 0.486. The van der Waals surface area contributed by atoms with Gasteiger partial charge < -0.3 is 10.1 Å². The summed E-state index contributed by atoms with van der Waals surface area (Å²) in [4.78, 5) is 0. The van der Waals surface area contributed by atoms with Crippen LogP contribution in [0.4, 0.5) is 0 Å². The van der Waals surface area contributed by atoms with Crippen LogP contribution in [-0.4, -0.2) is 12.6 Å². The molecule has 3 heteroatoms. The molecule has 1 atom stereocenters. The molecule has 0 aliphatic heterocycles. The van der Waals surface area contributed by atoms with Gasteiger partial charge in [0.25, 0.3) is 0 Å². The van der Waals surface area contributed by atoms with Crippen molar-refractivity contribution in [2.24, 2.45) is 0 Å². The van der Waals surface area contributed by atoms with Gasteiger partial charge in [0.2, 0.25) is 0 Å². The number of ether oxygens (including phenoxy) is 1. The highest BCUT2D eigenvalue weighted by Gasteiger charge is 2.04. The molecule has 2 rings (SSSR count). The Kier molecular flexibility index (Phi) is 6.77. The first-order chi connectivity index (χ1) is 10.3. The Labute approximate surface area is 132 Å². The van der Waals surface area contributed by atoms with Crippen LogP contribution in [0, 0.1) is 0 Å². The van der Waals surface area contributed by atoms with Crippen LogP contribution >= 0.6 is 11.3 Å². The maximum Gasteiger partial charge on any atom is 0.119 e. The zero-order chi connectivity index (χ0) is 14.9. The van der Waals surface area contributed by atoms with Gasteiger partial charge in [-0.3, -0.25) is 0 Å². The molecule has 0 aliphatic rings. The highest BCUT2D eigenvalue weighted by molar-refractivity contribution is 7.07. The Bertz CT molecular complexity index is 492. The lowest BCUT2D eigenvalue weighted by Crippen LogP contribution is -2.27. The number of hydrogen-bond donors (Lipinski definition) is 1. The Hall–Kier alpha value is -1.32. The van der Waals surface area contributed by atoms with E-state index in [-0.39, 0.29) is 0 Å². The fourth-order valence-electron chi connectivity index (χ4n) is 2.16. The monoisotopic (exact) mass is 303 g/mol. The summed E-state index contributed by atoms with van der Waals surface area (Å²) < 4.78 is 5.68. The summed E-state index contributed by atoms with van der Waals surface area (Å²) >= 11 is 1.76. The predicted octanol–water partition coefficient (Wildman–Crippen LogP) is 4.65. The van der Waals surface area contributed by atoms with E-state index in [2.05, 4.69) is 60.3 Å². The standard InChI is InChI=1S/C18H25NOS/c1-3-4-10-20-18-7-5-16(6-8-18)13-19-15(2)12-17-9-11-21-14-17/h5-9,11,14-15,19H,3-4,10,12-13H2,1-2H3. The lowest BCUT2D eigenvalue weighted by atomic mass is 10.1. The van der Waals surface area contributed by atoms with Crippen LogP contribution in [0.5, 0.6) is 5.75 Å². The minimum Gasteiger partial charge on any atom is -0.494 e. The SMILES string of the molecule is CCCCOc1ccc(CNC(C)Cc2ccsc2)cc1. The molecule has 2 nitrogen and oxygen atoms in total. The van der Waals surface area contributed by atoms with Crippen LogP contribution in [0.1, 0.15) is 37.8 Å². The number of thiophene rings is 1. The van der Waals surface area contributed by atoms with Crippen LogP contribution in [0.25, 0.3) is 0 Å². The smallest absolute Gasteiger partial charge is 0.119 e. The second-order valence-corrected chi connectivity index (χ2v) is 6.24. The van der Waals surface area contributed by atoms with E-state index in [1.165, 1.54) is 17.5 Å². The van der Waals surface area contributed by atoms with Gasteiger partial charge >= 0.3 is 0 Å². The molecule has 114 valence electrons. The van der Waals surface area contributed by atoms with E-state index in [4.69, 9.17) is 4.74 Å². The highest BCUT2D eigenvalue weighted by Crippen LogP contribution is 2.13. The summed E-state index contributed by atoms with van der Waals surface area (Å²) in [7, 11) is 0. The third kappa shape index (κ3) is 5.90. The van der Waals surface area contributed by atoms with Crippen LogP contribution < -0.4 is 10.1 Å².